The van der Waals surface area contributed by atoms with Gasteiger partial charge in [0.15, 0.2) is 11.6 Å². The minimum atomic E-state index is -1.32. The molecule has 0 unspecified atom stereocenters. The quantitative estimate of drug-likeness (QED) is 0.583. The second-order valence-electron chi connectivity index (χ2n) is 7.81. The van der Waals surface area contributed by atoms with E-state index in [-0.39, 0.29) is 23.5 Å². The molecule has 0 aromatic heterocycles. The zero-order valence-corrected chi connectivity index (χ0v) is 14.9. The molecule has 5 heteroatoms. The summed E-state index contributed by atoms with van der Waals surface area (Å²) in [6.45, 7) is 9.12. The molecule has 5 nitrogen and oxygen atoms in total. The Kier molecular flexibility index (Phi) is 4.31. The van der Waals surface area contributed by atoms with Crippen LogP contribution in [0.15, 0.2) is 35.5 Å². The molecule has 1 aliphatic heterocycles. The van der Waals surface area contributed by atoms with E-state index in [0.717, 1.165) is 0 Å². The Morgan fingerprint density at radius 1 is 1.36 bits per heavy atom. The summed E-state index contributed by atoms with van der Waals surface area (Å²) < 4.78 is 5.48. The molecule has 0 aromatic rings. The van der Waals surface area contributed by atoms with Crippen LogP contribution < -0.4 is 0 Å². The number of allylic oxidation sites excluding steroid dienone is 2. The molecule has 25 heavy (non-hydrogen) atoms. The van der Waals surface area contributed by atoms with Crippen LogP contribution in [0.1, 0.15) is 40.0 Å². The maximum absolute atomic E-state index is 12.6. The molecule has 1 heterocycles. The summed E-state index contributed by atoms with van der Waals surface area (Å²) in [5, 5.41) is 10.4. The van der Waals surface area contributed by atoms with Crippen LogP contribution in [0.3, 0.4) is 0 Å². The van der Waals surface area contributed by atoms with Gasteiger partial charge in [-0.15, -0.1) is 0 Å². The van der Waals surface area contributed by atoms with Gasteiger partial charge in [0.05, 0.1) is 0 Å². The van der Waals surface area contributed by atoms with Crippen molar-refractivity contribution in [3.05, 3.63) is 35.5 Å². The number of ether oxygens (including phenoxy) is 1. The number of Topliss-reactive ketones (excluding diaryl/α,β-unsaturated/α-hetero) is 1. The molecular formula is C20H24O5. The Morgan fingerprint density at radius 2 is 2.04 bits per heavy atom. The summed E-state index contributed by atoms with van der Waals surface area (Å²) in [6, 6.07) is 0. The molecule has 0 spiro atoms. The molecule has 0 amide bonds. The zero-order chi connectivity index (χ0) is 18.5. The summed E-state index contributed by atoms with van der Waals surface area (Å²) >= 11 is 0. The van der Waals surface area contributed by atoms with E-state index >= 15 is 0 Å². The molecule has 0 radical (unpaired) electrons. The molecule has 0 aromatic carbocycles. The van der Waals surface area contributed by atoms with Gasteiger partial charge in [-0.3, -0.25) is 9.59 Å². The van der Waals surface area contributed by atoms with Gasteiger partial charge in [0.1, 0.15) is 12.2 Å². The number of esters is 1. The molecule has 3 aliphatic rings. The van der Waals surface area contributed by atoms with Crippen LogP contribution in [0, 0.1) is 17.3 Å². The fraction of sp³-hybridized carbons (Fsp3) is 0.550. The van der Waals surface area contributed by atoms with Crippen molar-refractivity contribution in [1.82, 2.24) is 0 Å². The van der Waals surface area contributed by atoms with Crippen molar-refractivity contribution in [3.63, 3.8) is 0 Å². The Bertz CT molecular complexity index is 728. The Labute approximate surface area is 147 Å². The predicted octanol–water partition coefficient (Wildman–Crippen LogP) is 2.30. The lowest BCUT2D eigenvalue weighted by molar-refractivity contribution is -0.143. The number of aliphatic hydroxyl groups is 1. The van der Waals surface area contributed by atoms with Gasteiger partial charge in [0, 0.05) is 22.8 Å². The first-order valence-electron chi connectivity index (χ1n) is 8.66. The molecular weight excluding hydrogens is 320 g/mol. The second-order valence-corrected chi connectivity index (χ2v) is 7.81. The van der Waals surface area contributed by atoms with Gasteiger partial charge in [0.2, 0.25) is 0 Å². The summed E-state index contributed by atoms with van der Waals surface area (Å²) in [5.41, 5.74) is 1.13. The maximum atomic E-state index is 12.6. The summed E-state index contributed by atoms with van der Waals surface area (Å²) in [5.74, 6) is -1.70. The first-order valence-corrected chi connectivity index (χ1v) is 8.66. The predicted molar refractivity (Wildman–Crippen MR) is 91.5 cm³/mol. The summed E-state index contributed by atoms with van der Waals surface area (Å²) in [4.78, 5) is 37.3. The van der Waals surface area contributed by atoms with Gasteiger partial charge >= 0.3 is 5.97 Å². The Morgan fingerprint density at radius 3 is 2.68 bits per heavy atom. The average Bonchev–Trinajstić information content (AvgIpc) is 3.10. The van der Waals surface area contributed by atoms with Crippen LogP contribution in [0.4, 0.5) is 0 Å². The van der Waals surface area contributed by atoms with Crippen molar-refractivity contribution in [2.45, 2.75) is 52.2 Å². The smallest absolute Gasteiger partial charge is 0.334 e. The fourth-order valence-electron chi connectivity index (χ4n) is 3.86. The first kappa shape index (κ1) is 17.8. The third kappa shape index (κ3) is 3.01. The van der Waals surface area contributed by atoms with E-state index in [4.69, 9.17) is 4.74 Å². The van der Waals surface area contributed by atoms with Crippen molar-refractivity contribution in [2.24, 2.45) is 17.3 Å². The van der Waals surface area contributed by atoms with Crippen LogP contribution in [0.25, 0.3) is 0 Å². The van der Waals surface area contributed by atoms with E-state index in [0.29, 0.717) is 36.0 Å². The highest BCUT2D eigenvalue weighted by molar-refractivity contribution is 5.98. The van der Waals surface area contributed by atoms with Crippen molar-refractivity contribution in [2.75, 3.05) is 0 Å². The second kappa shape index (κ2) is 6.06. The average molecular weight is 344 g/mol. The van der Waals surface area contributed by atoms with Crippen molar-refractivity contribution < 1.29 is 24.2 Å². The Hall–Kier alpha value is -2.01. The normalized spacial score (nSPS) is 40.6. The molecule has 1 N–H and O–H groups in total. The lowest BCUT2D eigenvalue weighted by Crippen LogP contribution is -2.30. The first-order chi connectivity index (χ1) is 11.6. The number of carbonyl (C=O) groups excluding carboxylic acids is 3. The molecule has 0 saturated heterocycles. The van der Waals surface area contributed by atoms with E-state index in [1.54, 1.807) is 19.9 Å². The number of fused-ring (bicyclic) bond motifs is 3. The van der Waals surface area contributed by atoms with Crippen LogP contribution in [0.2, 0.25) is 0 Å². The van der Waals surface area contributed by atoms with Gasteiger partial charge in [-0.05, 0) is 50.8 Å². The van der Waals surface area contributed by atoms with Crippen LogP contribution in [0.5, 0.6) is 0 Å². The summed E-state index contributed by atoms with van der Waals surface area (Å²) in [7, 11) is 0. The lowest BCUT2D eigenvalue weighted by Gasteiger charge is -2.20. The van der Waals surface area contributed by atoms with E-state index in [1.165, 1.54) is 6.08 Å². The van der Waals surface area contributed by atoms with Crippen molar-refractivity contribution >= 4 is 17.5 Å². The third-order valence-electron chi connectivity index (χ3n) is 5.83. The van der Waals surface area contributed by atoms with Gasteiger partial charge in [-0.2, -0.15) is 0 Å². The number of hydrogen-bond acceptors (Lipinski definition) is 5. The number of carbonyl (C=O) groups is 3. The fourth-order valence-corrected chi connectivity index (χ4v) is 3.86. The highest BCUT2D eigenvalue weighted by atomic mass is 16.5. The monoisotopic (exact) mass is 344 g/mol. The molecule has 3 rings (SSSR count). The minimum absolute atomic E-state index is 0.129. The van der Waals surface area contributed by atoms with Gasteiger partial charge in [-0.1, -0.05) is 19.1 Å². The van der Waals surface area contributed by atoms with Gasteiger partial charge < -0.3 is 9.84 Å². The van der Waals surface area contributed by atoms with Crippen molar-refractivity contribution in [3.8, 4) is 0 Å². The highest BCUT2D eigenvalue weighted by Crippen LogP contribution is 2.58. The number of aliphatic hydroxyl groups excluding tert-OH is 1. The molecule has 1 saturated carbocycles. The molecule has 1 fully saturated rings. The maximum Gasteiger partial charge on any atom is 0.334 e. The van der Waals surface area contributed by atoms with Crippen molar-refractivity contribution in [1.29, 1.82) is 0 Å². The molecule has 134 valence electrons. The third-order valence-corrected chi connectivity index (χ3v) is 5.83. The number of rotatable bonds is 1. The molecule has 2 bridgehead atoms. The van der Waals surface area contributed by atoms with E-state index < -0.39 is 23.5 Å². The van der Waals surface area contributed by atoms with Crippen LogP contribution in [-0.4, -0.2) is 34.9 Å². The number of hydrogen-bond donors (Lipinski definition) is 1. The van der Waals surface area contributed by atoms with E-state index in [9.17, 15) is 19.5 Å². The lowest BCUT2D eigenvalue weighted by atomic mass is 9.86. The van der Waals surface area contributed by atoms with E-state index in [1.807, 2.05) is 6.92 Å². The van der Waals surface area contributed by atoms with Gasteiger partial charge in [0.25, 0.3) is 0 Å². The SMILES string of the molecule is C=C(C)[C@@H]1CCC2=C[C@@H](OC2=O)[C@]2(C)C[C@H]2C(=O)/C=C(/C)[C@@H](O)C1=O. The topological polar surface area (TPSA) is 80.7 Å². The standard InChI is InChI=1S/C20H24O5/c1-10(2)13-6-5-12-8-16(25-19(12)24)20(4)9-14(20)15(21)7-11(3)17(22)18(13)23/h7-8,13-14,16-17,22H,1,5-6,9H2,2-4H3/b11-7-/t13-,14-,16+,17+,20+/m0/s1. The summed E-state index contributed by atoms with van der Waals surface area (Å²) in [6.07, 6.45) is 2.86. The van der Waals surface area contributed by atoms with Gasteiger partial charge in [-0.25, -0.2) is 4.79 Å². The van der Waals surface area contributed by atoms with Crippen LogP contribution >= 0.6 is 0 Å². The molecule has 2 aliphatic carbocycles. The van der Waals surface area contributed by atoms with Crippen LogP contribution in [-0.2, 0) is 19.1 Å². The number of ketones is 2. The highest BCUT2D eigenvalue weighted by Gasteiger charge is 2.60. The minimum Gasteiger partial charge on any atom is -0.454 e. The Balaban J connectivity index is 1.98. The molecule has 5 atom stereocenters. The zero-order valence-electron chi connectivity index (χ0n) is 14.9. The largest absolute Gasteiger partial charge is 0.454 e. The van der Waals surface area contributed by atoms with E-state index in [2.05, 4.69) is 6.58 Å².